The number of carbonyl (C=O) groups excluding carboxylic acids is 1. The van der Waals surface area contributed by atoms with Crippen LogP contribution >= 0.6 is 19.8 Å². The molecule has 0 aliphatic carbocycles. The monoisotopic (exact) mass is 383 g/mol. The van der Waals surface area contributed by atoms with Gasteiger partial charge in [0.1, 0.15) is 0 Å². The fourth-order valence-corrected chi connectivity index (χ4v) is 3.56. The molecule has 0 fully saturated rings. The van der Waals surface area contributed by atoms with E-state index in [1.54, 1.807) is 29.5 Å². The zero-order valence-electron chi connectivity index (χ0n) is 14.6. The van der Waals surface area contributed by atoms with Gasteiger partial charge in [0.15, 0.2) is 5.16 Å². The minimum atomic E-state index is -0.449. The maximum Gasteiger partial charge on any atom is 0.335 e. The molecule has 0 saturated heterocycles. The molecule has 1 aromatic heterocycles. The summed E-state index contributed by atoms with van der Waals surface area (Å²) in [7, 11) is -0.449. The van der Waals surface area contributed by atoms with E-state index < -0.39 is 13.6 Å². The van der Waals surface area contributed by atoms with Crippen molar-refractivity contribution in [3.63, 3.8) is 0 Å². The third-order valence-corrected chi connectivity index (χ3v) is 5.95. The van der Waals surface area contributed by atoms with Gasteiger partial charge in [-0.05, 0) is 55.1 Å². The largest absolute Gasteiger partial charge is 0.397 e. The van der Waals surface area contributed by atoms with Crippen LogP contribution in [0.25, 0.3) is 10.4 Å². The lowest BCUT2D eigenvalue weighted by Crippen LogP contribution is -2.14. The van der Waals surface area contributed by atoms with Gasteiger partial charge in [0.05, 0.1) is 11.4 Å². The van der Waals surface area contributed by atoms with Gasteiger partial charge in [0.2, 0.25) is 0 Å². The number of nitrogen functional groups attached to an aromatic ring is 1. The van der Waals surface area contributed by atoms with Crippen molar-refractivity contribution >= 4 is 37.1 Å². The van der Waals surface area contributed by atoms with Crippen molar-refractivity contribution in [2.45, 2.75) is 19.0 Å². The van der Waals surface area contributed by atoms with Gasteiger partial charge in [-0.3, -0.25) is 4.79 Å². The predicted octanol–water partition coefficient (Wildman–Crippen LogP) is 5.51. The normalized spacial score (nSPS) is 11.5. The van der Waals surface area contributed by atoms with Crippen LogP contribution in [-0.2, 0) is 9.72 Å². The topological polar surface area (TPSA) is 72.2 Å². The molecule has 0 aliphatic rings. The molecule has 0 radical (unpaired) electrons. The fourth-order valence-electron chi connectivity index (χ4n) is 2.55. The number of thiophene rings is 1. The van der Waals surface area contributed by atoms with E-state index in [-0.39, 0.29) is 5.91 Å². The Labute approximate surface area is 158 Å². The van der Waals surface area contributed by atoms with Crippen molar-refractivity contribution in [2.24, 2.45) is 0 Å². The molecule has 0 bridgehead atoms. The number of anilines is 2. The zero-order valence-corrected chi connectivity index (χ0v) is 16.4. The van der Waals surface area contributed by atoms with Crippen LogP contribution in [0.5, 0.6) is 0 Å². The zero-order chi connectivity index (χ0) is 18.7. The smallest absolute Gasteiger partial charge is 0.335 e. The van der Waals surface area contributed by atoms with Crippen LogP contribution in [0.15, 0.2) is 60.0 Å². The molecule has 6 heteroatoms. The van der Waals surface area contributed by atoms with Gasteiger partial charge in [-0.2, -0.15) is 0 Å². The molecule has 3 aromatic rings. The van der Waals surface area contributed by atoms with Crippen molar-refractivity contribution in [2.75, 3.05) is 11.1 Å². The van der Waals surface area contributed by atoms with E-state index in [0.29, 0.717) is 16.9 Å². The number of benzene rings is 2. The van der Waals surface area contributed by atoms with Crippen LogP contribution in [0, 0.1) is 0 Å². The Morgan fingerprint density at radius 1 is 1.12 bits per heavy atom. The molecule has 2 aromatic carbocycles. The van der Waals surface area contributed by atoms with Crippen LogP contribution in [0.3, 0.4) is 0 Å². The van der Waals surface area contributed by atoms with Crippen LogP contribution < -0.4 is 11.1 Å². The van der Waals surface area contributed by atoms with E-state index in [2.05, 4.69) is 5.32 Å². The van der Waals surface area contributed by atoms with Gasteiger partial charge in [-0.25, -0.2) is 0 Å². The number of nitrogens with two attached hydrogens (primary N) is 1. The second-order valence-electron chi connectivity index (χ2n) is 6.54. The molecule has 132 valence electrons. The summed E-state index contributed by atoms with van der Waals surface area (Å²) in [6.07, 6.45) is 0. The molecule has 1 amide bonds. The molecule has 26 heavy (non-hydrogen) atoms. The van der Waals surface area contributed by atoms with E-state index >= 15 is 0 Å². The average molecular weight is 383 g/mol. The van der Waals surface area contributed by atoms with E-state index in [9.17, 15) is 9.36 Å². The maximum atomic E-state index is 12.6. The SMILES string of the molecule is CC(C)([PH+]=O)c1ccc(C(=O)Nc2cc(-c3cccs3)ccc2N)cc1. The summed E-state index contributed by atoms with van der Waals surface area (Å²) < 4.78 is 11.3. The Morgan fingerprint density at radius 3 is 2.46 bits per heavy atom. The molecular weight excluding hydrogens is 363 g/mol. The number of hydrogen-bond acceptors (Lipinski definition) is 4. The lowest BCUT2D eigenvalue weighted by atomic mass is 10.0. The summed E-state index contributed by atoms with van der Waals surface area (Å²) in [5.74, 6) is -0.228. The van der Waals surface area contributed by atoms with Crippen molar-refractivity contribution in [3.8, 4) is 10.4 Å². The molecular formula is C20H20N2O2PS+. The van der Waals surface area contributed by atoms with Crippen molar-refractivity contribution in [1.82, 2.24) is 0 Å². The minimum Gasteiger partial charge on any atom is -0.397 e. The van der Waals surface area contributed by atoms with Crippen molar-refractivity contribution < 1.29 is 9.36 Å². The molecule has 4 nitrogen and oxygen atoms in total. The Morgan fingerprint density at radius 2 is 1.85 bits per heavy atom. The second-order valence-corrected chi connectivity index (χ2v) is 8.94. The van der Waals surface area contributed by atoms with Gasteiger partial charge in [0, 0.05) is 16.0 Å². The van der Waals surface area contributed by atoms with Crippen LogP contribution in [0.4, 0.5) is 11.4 Å². The number of nitrogens with one attached hydrogen (secondary N) is 1. The Bertz CT molecular complexity index is 935. The number of carbonyl (C=O) groups is 1. The molecule has 1 unspecified atom stereocenters. The van der Waals surface area contributed by atoms with Gasteiger partial charge in [0.25, 0.3) is 5.91 Å². The molecule has 1 atom stereocenters. The average Bonchev–Trinajstić information content (AvgIpc) is 3.18. The van der Waals surface area contributed by atoms with E-state index in [4.69, 9.17) is 5.73 Å². The summed E-state index contributed by atoms with van der Waals surface area (Å²) in [5, 5.41) is 4.47. The first kappa shape index (κ1) is 18.3. The summed E-state index contributed by atoms with van der Waals surface area (Å²) in [6.45, 7) is 3.81. The first-order valence-electron chi connectivity index (χ1n) is 8.15. The molecule has 0 aliphatic heterocycles. The van der Waals surface area contributed by atoms with Gasteiger partial charge >= 0.3 is 8.46 Å². The van der Waals surface area contributed by atoms with Crippen LogP contribution in [0.2, 0.25) is 0 Å². The predicted molar refractivity (Wildman–Crippen MR) is 111 cm³/mol. The number of hydrogen-bond donors (Lipinski definition) is 2. The molecule has 3 N–H and O–H groups in total. The highest BCUT2D eigenvalue weighted by molar-refractivity contribution is 7.25. The van der Waals surface area contributed by atoms with Gasteiger partial charge < -0.3 is 11.1 Å². The lowest BCUT2D eigenvalue weighted by molar-refractivity contribution is 0.102. The summed E-state index contributed by atoms with van der Waals surface area (Å²) in [6, 6.07) is 16.8. The van der Waals surface area contributed by atoms with E-state index in [0.717, 1.165) is 16.0 Å². The third kappa shape index (κ3) is 3.85. The maximum absolute atomic E-state index is 12.6. The van der Waals surface area contributed by atoms with E-state index in [1.807, 2.05) is 55.6 Å². The Balaban J connectivity index is 1.82. The highest BCUT2D eigenvalue weighted by Crippen LogP contribution is 2.34. The Kier molecular flexibility index (Phi) is 5.21. The standard InChI is InChI=1S/C20H19N2O2PS/c1-20(2,25-24)15-8-5-13(6-9-15)19(23)22-17-12-14(7-10-16(17)21)18-4-3-11-26-18/h3-12H,21H2,1-2H3,(H,22,23)/p+1. The number of amides is 1. The molecule has 3 rings (SSSR count). The van der Waals surface area contributed by atoms with Gasteiger partial charge in [-0.15, -0.1) is 11.3 Å². The summed E-state index contributed by atoms with van der Waals surface area (Å²) in [5.41, 5.74) is 9.60. The summed E-state index contributed by atoms with van der Waals surface area (Å²) in [4.78, 5) is 13.7. The van der Waals surface area contributed by atoms with Crippen molar-refractivity contribution in [1.29, 1.82) is 0 Å². The number of rotatable bonds is 5. The Hall–Kier alpha value is -2.49. The highest BCUT2D eigenvalue weighted by atomic mass is 32.1. The molecule has 0 spiro atoms. The quantitative estimate of drug-likeness (QED) is 0.451. The van der Waals surface area contributed by atoms with E-state index in [1.165, 1.54) is 0 Å². The minimum absolute atomic E-state index is 0.228. The van der Waals surface area contributed by atoms with Gasteiger partial charge in [-0.1, -0.05) is 28.8 Å². The molecule has 1 heterocycles. The second kappa shape index (κ2) is 7.40. The van der Waals surface area contributed by atoms with Crippen LogP contribution in [0.1, 0.15) is 29.8 Å². The first-order chi connectivity index (χ1) is 12.4. The first-order valence-corrected chi connectivity index (χ1v) is 9.94. The fraction of sp³-hybridized carbons (Fsp3) is 0.150. The lowest BCUT2D eigenvalue weighted by Gasteiger charge is -2.12. The summed E-state index contributed by atoms with van der Waals surface area (Å²) >= 11 is 1.63. The van der Waals surface area contributed by atoms with Crippen molar-refractivity contribution in [3.05, 3.63) is 71.1 Å². The third-order valence-electron chi connectivity index (χ3n) is 4.23. The highest BCUT2D eigenvalue weighted by Gasteiger charge is 2.28. The molecule has 0 saturated carbocycles. The van der Waals surface area contributed by atoms with Crippen LogP contribution in [-0.4, -0.2) is 5.91 Å².